The van der Waals surface area contributed by atoms with Gasteiger partial charge in [0.15, 0.2) is 0 Å². The first kappa shape index (κ1) is 18.5. The molecule has 2 rings (SSSR count). The Morgan fingerprint density at radius 2 is 2.14 bits per heavy atom. The Bertz CT molecular complexity index is 391. The highest BCUT2D eigenvalue weighted by atomic mass is 35.5. The van der Waals surface area contributed by atoms with E-state index in [1.807, 2.05) is 0 Å². The van der Waals surface area contributed by atoms with Crippen molar-refractivity contribution in [2.24, 2.45) is 11.7 Å². The minimum absolute atomic E-state index is 0. The van der Waals surface area contributed by atoms with Crippen LogP contribution in [0, 0.1) is 5.92 Å². The molecule has 1 fully saturated rings. The number of carbonyl (C=O) groups excluding carboxylic acids is 1. The van der Waals surface area contributed by atoms with E-state index in [1.165, 1.54) is 37.0 Å². The predicted octanol–water partition coefficient (Wildman–Crippen LogP) is 3.52. The Labute approximate surface area is 138 Å². The zero-order chi connectivity index (χ0) is 14.2. The van der Waals surface area contributed by atoms with E-state index in [4.69, 9.17) is 5.73 Å². The number of carbonyl (C=O) groups is 1. The molecule has 3 nitrogen and oxygen atoms in total. The van der Waals surface area contributed by atoms with E-state index < -0.39 is 0 Å². The minimum Gasteiger partial charge on any atom is -0.352 e. The zero-order valence-electron chi connectivity index (χ0n) is 12.6. The van der Waals surface area contributed by atoms with E-state index >= 15 is 0 Å². The molecule has 0 radical (unpaired) electrons. The van der Waals surface area contributed by atoms with Crippen LogP contribution in [-0.4, -0.2) is 18.5 Å². The highest BCUT2D eigenvalue weighted by molar-refractivity contribution is 7.09. The number of nitrogens with two attached hydrogens (primary N) is 1. The molecule has 0 bridgehead atoms. The first-order chi connectivity index (χ1) is 9.79. The number of aryl methyl sites for hydroxylation is 1. The van der Waals surface area contributed by atoms with Crippen LogP contribution in [0.5, 0.6) is 0 Å². The lowest BCUT2D eigenvalue weighted by molar-refractivity contribution is -0.122. The maximum Gasteiger partial charge on any atom is 0.220 e. The van der Waals surface area contributed by atoms with Crippen LogP contribution >= 0.6 is 23.7 Å². The van der Waals surface area contributed by atoms with Gasteiger partial charge in [0.2, 0.25) is 5.91 Å². The molecule has 0 aromatic carbocycles. The molecule has 21 heavy (non-hydrogen) atoms. The molecular weight excluding hydrogens is 304 g/mol. The van der Waals surface area contributed by atoms with Crippen molar-refractivity contribution in [3.8, 4) is 0 Å². The van der Waals surface area contributed by atoms with Crippen LogP contribution in [-0.2, 0) is 11.2 Å². The third kappa shape index (κ3) is 6.37. The van der Waals surface area contributed by atoms with Crippen LogP contribution in [0.1, 0.15) is 49.8 Å². The summed E-state index contributed by atoms with van der Waals surface area (Å²) in [7, 11) is 0. The number of halogens is 1. The summed E-state index contributed by atoms with van der Waals surface area (Å²) in [6.45, 7) is 0.571. The van der Waals surface area contributed by atoms with E-state index in [9.17, 15) is 4.79 Å². The van der Waals surface area contributed by atoms with Gasteiger partial charge in [0.25, 0.3) is 0 Å². The van der Waals surface area contributed by atoms with Gasteiger partial charge in [-0.3, -0.25) is 4.79 Å². The lowest BCUT2D eigenvalue weighted by Crippen LogP contribution is -2.45. The Morgan fingerprint density at radius 3 is 2.76 bits per heavy atom. The molecule has 1 aromatic heterocycles. The van der Waals surface area contributed by atoms with Gasteiger partial charge in [-0.1, -0.05) is 25.3 Å². The Kier molecular flexibility index (Phi) is 8.97. The van der Waals surface area contributed by atoms with Crippen LogP contribution in [0.15, 0.2) is 17.5 Å². The van der Waals surface area contributed by atoms with Crippen molar-refractivity contribution in [3.05, 3.63) is 22.4 Å². The maximum absolute atomic E-state index is 12.0. The summed E-state index contributed by atoms with van der Waals surface area (Å²) in [6, 6.07) is 4.38. The SMILES string of the molecule is Cl.NCC(NC(=O)CCCc1cccs1)C1CCCCC1. The van der Waals surface area contributed by atoms with Crippen molar-refractivity contribution in [2.45, 2.75) is 57.4 Å². The average Bonchev–Trinajstić information content (AvgIpc) is 2.99. The number of thiophene rings is 1. The van der Waals surface area contributed by atoms with Crippen LogP contribution in [0.4, 0.5) is 0 Å². The first-order valence-electron chi connectivity index (χ1n) is 7.81. The van der Waals surface area contributed by atoms with Gasteiger partial charge < -0.3 is 11.1 Å². The van der Waals surface area contributed by atoms with Crippen LogP contribution < -0.4 is 11.1 Å². The molecule has 1 aliphatic rings. The third-order valence-electron chi connectivity index (χ3n) is 4.23. The molecule has 1 heterocycles. The lowest BCUT2D eigenvalue weighted by atomic mass is 9.84. The summed E-state index contributed by atoms with van der Waals surface area (Å²) in [4.78, 5) is 13.4. The number of nitrogens with one attached hydrogen (secondary N) is 1. The van der Waals surface area contributed by atoms with Crippen molar-refractivity contribution in [1.29, 1.82) is 0 Å². The number of rotatable bonds is 7. The van der Waals surface area contributed by atoms with Crippen LogP contribution in [0.3, 0.4) is 0 Å². The quantitative estimate of drug-likeness (QED) is 0.803. The largest absolute Gasteiger partial charge is 0.352 e. The van der Waals surface area contributed by atoms with Crippen molar-refractivity contribution in [2.75, 3.05) is 6.54 Å². The van der Waals surface area contributed by atoms with Gasteiger partial charge in [0, 0.05) is 23.9 Å². The molecule has 120 valence electrons. The van der Waals surface area contributed by atoms with Gasteiger partial charge in [-0.05, 0) is 43.0 Å². The van der Waals surface area contributed by atoms with E-state index in [-0.39, 0.29) is 24.4 Å². The monoisotopic (exact) mass is 330 g/mol. The Balaban J connectivity index is 0.00000220. The average molecular weight is 331 g/mol. The Hall–Kier alpha value is -0.580. The molecular formula is C16H27ClN2OS. The summed E-state index contributed by atoms with van der Waals surface area (Å²) < 4.78 is 0. The summed E-state index contributed by atoms with van der Waals surface area (Å²) in [6.07, 6.45) is 8.89. The van der Waals surface area contributed by atoms with Gasteiger partial charge in [0.05, 0.1) is 0 Å². The number of amides is 1. The molecule has 1 aliphatic carbocycles. The fraction of sp³-hybridized carbons (Fsp3) is 0.688. The maximum atomic E-state index is 12.0. The summed E-state index contributed by atoms with van der Waals surface area (Å²) in [5.41, 5.74) is 5.84. The van der Waals surface area contributed by atoms with Crippen LogP contribution in [0.25, 0.3) is 0 Å². The van der Waals surface area contributed by atoms with Gasteiger partial charge in [-0.2, -0.15) is 0 Å². The van der Waals surface area contributed by atoms with Crippen molar-refractivity contribution in [1.82, 2.24) is 5.32 Å². The molecule has 1 unspecified atom stereocenters. The number of hydrogen-bond donors (Lipinski definition) is 2. The molecule has 0 aliphatic heterocycles. The van der Waals surface area contributed by atoms with Crippen molar-refractivity contribution in [3.63, 3.8) is 0 Å². The van der Waals surface area contributed by atoms with Gasteiger partial charge in [-0.25, -0.2) is 0 Å². The topological polar surface area (TPSA) is 55.1 Å². The molecule has 1 aromatic rings. The second-order valence-electron chi connectivity index (χ2n) is 5.74. The van der Waals surface area contributed by atoms with Gasteiger partial charge >= 0.3 is 0 Å². The number of hydrogen-bond acceptors (Lipinski definition) is 3. The fourth-order valence-corrected chi connectivity index (χ4v) is 3.81. The van der Waals surface area contributed by atoms with E-state index in [1.54, 1.807) is 11.3 Å². The van der Waals surface area contributed by atoms with Crippen molar-refractivity contribution >= 4 is 29.7 Å². The molecule has 3 N–H and O–H groups in total. The molecule has 0 spiro atoms. The second-order valence-corrected chi connectivity index (χ2v) is 6.77. The van der Waals surface area contributed by atoms with Gasteiger partial charge in [-0.15, -0.1) is 23.7 Å². The molecule has 1 amide bonds. The van der Waals surface area contributed by atoms with E-state index in [0.29, 0.717) is 18.9 Å². The lowest BCUT2D eigenvalue weighted by Gasteiger charge is -2.30. The second kappa shape index (κ2) is 10.2. The third-order valence-corrected chi connectivity index (χ3v) is 5.16. The minimum atomic E-state index is 0. The smallest absolute Gasteiger partial charge is 0.220 e. The predicted molar refractivity (Wildman–Crippen MR) is 92.1 cm³/mol. The molecule has 0 saturated heterocycles. The first-order valence-corrected chi connectivity index (χ1v) is 8.69. The Morgan fingerprint density at radius 1 is 1.38 bits per heavy atom. The van der Waals surface area contributed by atoms with E-state index in [0.717, 1.165) is 12.8 Å². The van der Waals surface area contributed by atoms with Crippen LogP contribution in [0.2, 0.25) is 0 Å². The normalized spacial score (nSPS) is 17.0. The van der Waals surface area contributed by atoms with Crippen molar-refractivity contribution < 1.29 is 4.79 Å². The molecule has 5 heteroatoms. The highest BCUT2D eigenvalue weighted by Gasteiger charge is 2.23. The fourth-order valence-electron chi connectivity index (χ4n) is 3.06. The molecule has 1 saturated carbocycles. The summed E-state index contributed by atoms with van der Waals surface area (Å²) >= 11 is 1.76. The zero-order valence-corrected chi connectivity index (χ0v) is 14.2. The summed E-state index contributed by atoms with van der Waals surface area (Å²) in [5.74, 6) is 0.762. The summed E-state index contributed by atoms with van der Waals surface area (Å²) in [5, 5.41) is 5.24. The van der Waals surface area contributed by atoms with E-state index in [2.05, 4.69) is 22.8 Å². The van der Waals surface area contributed by atoms with Gasteiger partial charge in [0.1, 0.15) is 0 Å². The molecule has 1 atom stereocenters. The highest BCUT2D eigenvalue weighted by Crippen LogP contribution is 2.26. The standard InChI is InChI=1S/C16H26N2OS.ClH/c17-12-15(13-6-2-1-3-7-13)18-16(19)10-4-8-14-9-5-11-20-14;/h5,9,11,13,15H,1-4,6-8,10,12,17H2,(H,18,19);1H.